The number of carbonyl (C=O) groups is 1. The monoisotopic (exact) mass is 478 g/mol. The molecule has 182 valence electrons. The average molecular weight is 479 g/mol. The number of nitrogens with zero attached hydrogens (tertiary/aromatic N) is 3. The van der Waals surface area contributed by atoms with E-state index in [1.54, 1.807) is 45.3 Å². The number of benzene rings is 2. The van der Waals surface area contributed by atoms with Crippen LogP contribution in [0.15, 0.2) is 41.5 Å². The Balaban J connectivity index is 1.69. The number of aliphatic imine (C=N–C) groups is 1. The van der Waals surface area contributed by atoms with E-state index >= 15 is 8.78 Å². The van der Waals surface area contributed by atoms with Crippen LogP contribution in [0, 0.1) is 11.6 Å². The van der Waals surface area contributed by atoms with Gasteiger partial charge >= 0.3 is 0 Å². The van der Waals surface area contributed by atoms with Gasteiger partial charge in [-0.1, -0.05) is 19.1 Å². The molecule has 0 aliphatic carbocycles. The first-order chi connectivity index (χ1) is 16.5. The Morgan fingerprint density at radius 2 is 1.89 bits per heavy atom. The molecule has 4 rings (SSSR count). The SMILES string of the molecule is CCc1cnc2c(c1)C(=O)N(Cc1c(F)cc(-c3ccc(C(C)(C)O)c(N)c3C=NC)cc1F)C2. The van der Waals surface area contributed by atoms with E-state index in [4.69, 9.17) is 5.73 Å². The van der Waals surface area contributed by atoms with Crippen LogP contribution in [0.5, 0.6) is 0 Å². The summed E-state index contributed by atoms with van der Waals surface area (Å²) in [4.78, 5) is 22.6. The Morgan fingerprint density at radius 3 is 2.49 bits per heavy atom. The maximum absolute atomic E-state index is 15.2. The van der Waals surface area contributed by atoms with Gasteiger partial charge in [0.05, 0.1) is 29.9 Å². The highest BCUT2D eigenvalue weighted by atomic mass is 19.1. The first-order valence-corrected chi connectivity index (χ1v) is 11.4. The highest BCUT2D eigenvalue weighted by molar-refractivity contribution is 5.98. The lowest BCUT2D eigenvalue weighted by Gasteiger charge is -2.23. The molecule has 3 N–H and O–H groups in total. The lowest BCUT2D eigenvalue weighted by Crippen LogP contribution is -2.24. The van der Waals surface area contributed by atoms with Crippen LogP contribution in [0.4, 0.5) is 14.5 Å². The first kappa shape index (κ1) is 24.5. The van der Waals surface area contributed by atoms with Crippen LogP contribution in [-0.2, 0) is 25.1 Å². The van der Waals surface area contributed by atoms with Crippen LogP contribution in [0.25, 0.3) is 11.1 Å². The smallest absolute Gasteiger partial charge is 0.256 e. The highest BCUT2D eigenvalue weighted by Crippen LogP contribution is 2.36. The van der Waals surface area contributed by atoms with Gasteiger partial charge in [-0.2, -0.15) is 0 Å². The maximum atomic E-state index is 15.2. The van der Waals surface area contributed by atoms with Crippen molar-refractivity contribution in [3.8, 4) is 11.1 Å². The number of nitrogen functional groups attached to an aromatic ring is 1. The van der Waals surface area contributed by atoms with Crippen LogP contribution in [-0.4, -0.2) is 34.2 Å². The number of aromatic nitrogens is 1. The Kier molecular flexibility index (Phi) is 6.42. The number of anilines is 1. The van der Waals surface area contributed by atoms with E-state index in [0.29, 0.717) is 27.9 Å². The number of halogens is 2. The minimum Gasteiger partial charge on any atom is -0.398 e. The third kappa shape index (κ3) is 4.53. The zero-order valence-corrected chi connectivity index (χ0v) is 20.2. The van der Waals surface area contributed by atoms with Crippen LogP contribution < -0.4 is 5.73 Å². The Labute approximate surface area is 203 Å². The van der Waals surface area contributed by atoms with E-state index in [0.717, 1.165) is 12.0 Å². The van der Waals surface area contributed by atoms with Crippen LogP contribution in [0.2, 0.25) is 0 Å². The van der Waals surface area contributed by atoms with Crippen molar-refractivity contribution >= 4 is 17.8 Å². The molecular weight excluding hydrogens is 450 g/mol. The predicted molar refractivity (Wildman–Crippen MR) is 132 cm³/mol. The number of rotatable bonds is 6. The van der Waals surface area contributed by atoms with E-state index in [-0.39, 0.29) is 35.8 Å². The normalized spacial score (nSPS) is 13.7. The van der Waals surface area contributed by atoms with Crippen molar-refractivity contribution in [2.24, 2.45) is 4.99 Å². The lowest BCUT2D eigenvalue weighted by atomic mass is 9.89. The third-order valence-electron chi connectivity index (χ3n) is 6.30. The molecule has 1 aliphatic heterocycles. The second-order valence-electron chi connectivity index (χ2n) is 9.21. The molecular formula is C27H28F2N4O2. The molecule has 0 bridgehead atoms. The number of carbonyl (C=O) groups excluding carboxylic acids is 1. The second-order valence-corrected chi connectivity index (χ2v) is 9.21. The summed E-state index contributed by atoms with van der Waals surface area (Å²) in [6, 6.07) is 7.54. The van der Waals surface area contributed by atoms with Crippen molar-refractivity contribution in [3.05, 3.63) is 81.7 Å². The van der Waals surface area contributed by atoms with E-state index in [1.165, 1.54) is 23.2 Å². The zero-order valence-electron chi connectivity index (χ0n) is 20.2. The topological polar surface area (TPSA) is 91.8 Å². The maximum Gasteiger partial charge on any atom is 0.256 e. The largest absolute Gasteiger partial charge is 0.398 e. The molecule has 0 unspecified atom stereocenters. The number of amides is 1. The molecule has 2 heterocycles. The van der Waals surface area contributed by atoms with Crippen molar-refractivity contribution in [2.75, 3.05) is 12.8 Å². The molecule has 6 nitrogen and oxygen atoms in total. The van der Waals surface area contributed by atoms with Crippen molar-refractivity contribution in [2.45, 2.75) is 45.9 Å². The van der Waals surface area contributed by atoms with Gasteiger partial charge in [0, 0.05) is 41.8 Å². The number of nitrogens with two attached hydrogens (primary N) is 1. The Morgan fingerprint density at radius 1 is 1.20 bits per heavy atom. The number of aliphatic hydroxyl groups is 1. The summed E-state index contributed by atoms with van der Waals surface area (Å²) in [7, 11) is 1.56. The van der Waals surface area contributed by atoms with Gasteiger partial charge in [-0.25, -0.2) is 8.78 Å². The molecule has 2 aromatic carbocycles. The fourth-order valence-corrected chi connectivity index (χ4v) is 4.38. The predicted octanol–water partition coefficient (Wildman–Crippen LogP) is 4.60. The first-order valence-electron chi connectivity index (χ1n) is 11.4. The van der Waals surface area contributed by atoms with Crippen molar-refractivity contribution in [3.63, 3.8) is 0 Å². The third-order valence-corrected chi connectivity index (χ3v) is 6.30. The standard InChI is InChI=1S/C27H28F2N4O2/c1-5-15-8-18-24(32-11-15)14-33(26(18)34)13-20-22(28)9-16(10-23(20)29)17-6-7-21(27(2,3)35)25(30)19(17)12-31-4/h6-12,35H,5,13-14,30H2,1-4H3. The summed E-state index contributed by atoms with van der Waals surface area (Å²) < 4.78 is 30.4. The highest BCUT2D eigenvalue weighted by Gasteiger charge is 2.30. The number of fused-ring (bicyclic) bond motifs is 1. The molecule has 8 heteroatoms. The molecule has 1 aliphatic rings. The van der Waals surface area contributed by atoms with Crippen molar-refractivity contribution in [1.82, 2.24) is 9.88 Å². The van der Waals surface area contributed by atoms with Gasteiger partial charge in [-0.05, 0) is 55.2 Å². The second kappa shape index (κ2) is 9.19. The van der Waals surface area contributed by atoms with Gasteiger partial charge in [0.15, 0.2) is 0 Å². The van der Waals surface area contributed by atoms with Gasteiger partial charge in [0.25, 0.3) is 5.91 Å². The Hall–Kier alpha value is -3.65. The lowest BCUT2D eigenvalue weighted by molar-refractivity contribution is 0.0761. The van der Waals surface area contributed by atoms with Gasteiger partial charge in [-0.3, -0.25) is 14.8 Å². The Bertz CT molecular complexity index is 1320. The summed E-state index contributed by atoms with van der Waals surface area (Å²) in [5.41, 5.74) is 8.90. The van der Waals surface area contributed by atoms with Crippen molar-refractivity contribution in [1.29, 1.82) is 0 Å². The molecule has 1 amide bonds. The molecule has 3 aromatic rings. The minimum atomic E-state index is -1.20. The number of pyridine rings is 1. The van der Waals surface area contributed by atoms with Crippen molar-refractivity contribution < 1.29 is 18.7 Å². The van der Waals surface area contributed by atoms with E-state index in [9.17, 15) is 9.90 Å². The molecule has 35 heavy (non-hydrogen) atoms. The van der Waals surface area contributed by atoms with Gasteiger partial charge in [-0.15, -0.1) is 0 Å². The zero-order chi connectivity index (χ0) is 25.5. The number of hydrogen-bond donors (Lipinski definition) is 2. The van der Waals surface area contributed by atoms with Gasteiger partial charge in [0.1, 0.15) is 11.6 Å². The molecule has 0 spiro atoms. The molecule has 0 saturated carbocycles. The van der Waals surface area contributed by atoms with Crippen LogP contribution >= 0.6 is 0 Å². The summed E-state index contributed by atoms with van der Waals surface area (Å²) >= 11 is 0. The summed E-state index contributed by atoms with van der Waals surface area (Å²) in [6.45, 7) is 5.17. The van der Waals surface area contributed by atoms with E-state index < -0.39 is 17.2 Å². The quantitative estimate of drug-likeness (QED) is 0.400. The molecule has 0 radical (unpaired) electrons. The van der Waals surface area contributed by atoms with E-state index in [1.807, 2.05) is 6.92 Å². The fraction of sp³-hybridized carbons (Fsp3) is 0.296. The molecule has 0 saturated heterocycles. The number of hydrogen-bond acceptors (Lipinski definition) is 5. The van der Waals surface area contributed by atoms with Crippen LogP contribution in [0.1, 0.15) is 59.1 Å². The summed E-state index contributed by atoms with van der Waals surface area (Å²) in [5.74, 6) is -1.83. The van der Waals surface area contributed by atoms with E-state index in [2.05, 4.69) is 9.98 Å². The fourth-order valence-electron chi connectivity index (χ4n) is 4.38. The number of aryl methyl sites for hydroxylation is 1. The van der Waals surface area contributed by atoms with Crippen LogP contribution in [0.3, 0.4) is 0 Å². The molecule has 0 fully saturated rings. The summed E-state index contributed by atoms with van der Waals surface area (Å²) in [5, 5.41) is 10.4. The minimum absolute atomic E-state index is 0.197. The average Bonchev–Trinajstić information content (AvgIpc) is 3.11. The molecule has 0 atom stereocenters. The summed E-state index contributed by atoms with van der Waals surface area (Å²) in [6.07, 6.45) is 3.96. The molecule has 1 aromatic heterocycles. The van der Waals surface area contributed by atoms with Gasteiger partial charge in [0.2, 0.25) is 0 Å². The van der Waals surface area contributed by atoms with Gasteiger partial charge < -0.3 is 15.7 Å².